The van der Waals surface area contributed by atoms with Gasteiger partial charge in [0.15, 0.2) is 0 Å². The Hall–Kier alpha value is -0.120. The molecule has 0 rings (SSSR count). The monoisotopic (exact) mass is 271 g/mol. The van der Waals surface area contributed by atoms with Gasteiger partial charge in [0.05, 0.1) is 0 Å². The highest BCUT2D eigenvalue weighted by molar-refractivity contribution is 4.74. The molecule has 3 nitrogen and oxygen atoms in total. The Morgan fingerprint density at radius 1 is 0.842 bits per heavy atom. The SMILES string of the molecule is CCN(CC)CCNCCN(C(C)C)C(C)C(C)C. The van der Waals surface area contributed by atoms with Crippen LogP contribution in [0.5, 0.6) is 0 Å². The molecule has 0 aromatic carbocycles. The number of rotatable bonds is 11. The van der Waals surface area contributed by atoms with Crippen LogP contribution >= 0.6 is 0 Å². The molecule has 0 saturated heterocycles. The number of nitrogens with zero attached hydrogens (tertiary/aromatic N) is 2. The highest BCUT2D eigenvalue weighted by Crippen LogP contribution is 2.12. The Morgan fingerprint density at radius 3 is 1.79 bits per heavy atom. The molecule has 0 saturated carbocycles. The maximum atomic E-state index is 3.58. The van der Waals surface area contributed by atoms with Crippen LogP contribution in [0.4, 0.5) is 0 Å². The molecular weight excluding hydrogens is 234 g/mol. The van der Waals surface area contributed by atoms with Crippen LogP contribution in [0.3, 0.4) is 0 Å². The first-order chi connectivity index (χ1) is 8.93. The summed E-state index contributed by atoms with van der Waals surface area (Å²) in [7, 11) is 0. The van der Waals surface area contributed by atoms with E-state index >= 15 is 0 Å². The van der Waals surface area contributed by atoms with Crippen molar-refractivity contribution >= 4 is 0 Å². The van der Waals surface area contributed by atoms with E-state index in [4.69, 9.17) is 0 Å². The van der Waals surface area contributed by atoms with Gasteiger partial charge in [0, 0.05) is 38.3 Å². The van der Waals surface area contributed by atoms with Crippen molar-refractivity contribution in [1.82, 2.24) is 15.1 Å². The zero-order valence-electron chi connectivity index (χ0n) is 14.4. The lowest BCUT2D eigenvalue weighted by molar-refractivity contribution is 0.130. The lowest BCUT2D eigenvalue weighted by atomic mass is 10.0. The van der Waals surface area contributed by atoms with Crippen molar-refractivity contribution in [3.8, 4) is 0 Å². The van der Waals surface area contributed by atoms with Crippen LogP contribution in [0, 0.1) is 5.92 Å². The third-order valence-corrected chi connectivity index (χ3v) is 4.20. The third kappa shape index (κ3) is 7.91. The summed E-state index contributed by atoms with van der Waals surface area (Å²) in [5.41, 5.74) is 0. The minimum absolute atomic E-state index is 0.627. The van der Waals surface area contributed by atoms with E-state index in [1.807, 2.05) is 0 Å². The Balaban J connectivity index is 3.88. The van der Waals surface area contributed by atoms with Crippen LogP contribution in [0.15, 0.2) is 0 Å². The van der Waals surface area contributed by atoms with Crippen molar-refractivity contribution in [3.05, 3.63) is 0 Å². The zero-order valence-corrected chi connectivity index (χ0v) is 14.4. The molecule has 0 heterocycles. The molecule has 0 radical (unpaired) electrons. The van der Waals surface area contributed by atoms with Gasteiger partial charge in [-0.05, 0) is 39.8 Å². The van der Waals surface area contributed by atoms with E-state index in [2.05, 4.69) is 63.6 Å². The Kier molecular flexibility index (Phi) is 10.6. The highest BCUT2D eigenvalue weighted by atomic mass is 15.2. The summed E-state index contributed by atoms with van der Waals surface area (Å²) in [6.45, 7) is 22.8. The van der Waals surface area contributed by atoms with Crippen LogP contribution in [-0.2, 0) is 0 Å². The number of hydrogen-bond acceptors (Lipinski definition) is 3. The predicted octanol–water partition coefficient (Wildman–Crippen LogP) is 2.67. The summed E-state index contributed by atoms with van der Waals surface area (Å²) >= 11 is 0. The van der Waals surface area contributed by atoms with Crippen molar-refractivity contribution in [1.29, 1.82) is 0 Å². The predicted molar refractivity (Wildman–Crippen MR) is 86.8 cm³/mol. The van der Waals surface area contributed by atoms with E-state index < -0.39 is 0 Å². The van der Waals surface area contributed by atoms with Gasteiger partial charge in [-0.3, -0.25) is 4.90 Å². The molecule has 0 amide bonds. The van der Waals surface area contributed by atoms with E-state index in [0.717, 1.165) is 45.2 Å². The second-order valence-corrected chi connectivity index (χ2v) is 6.09. The normalized spacial score (nSPS) is 14.1. The molecule has 1 N–H and O–H groups in total. The van der Waals surface area contributed by atoms with E-state index in [9.17, 15) is 0 Å². The third-order valence-electron chi connectivity index (χ3n) is 4.20. The molecule has 0 aliphatic rings. The molecule has 0 bridgehead atoms. The quantitative estimate of drug-likeness (QED) is 0.583. The minimum Gasteiger partial charge on any atom is -0.314 e. The molecule has 0 aliphatic heterocycles. The van der Waals surface area contributed by atoms with Crippen molar-refractivity contribution in [2.24, 2.45) is 5.92 Å². The van der Waals surface area contributed by atoms with Gasteiger partial charge in [-0.2, -0.15) is 0 Å². The summed E-state index contributed by atoms with van der Waals surface area (Å²) in [5.74, 6) is 0.720. The molecule has 0 aliphatic carbocycles. The lowest BCUT2D eigenvalue weighted by Gasteiger charge is -2.35. The van der Waals surface area contributed by atoms with Crippen molar-refractivity contribution < 1.29 is 0 Å². The van der Waals surface area contributed by atoms with Crippen molar-refractivity contribution in [2.45, 2.75) is 60.5 Å². The van der Waals surface area contributed by atoms with Gasteiger partial charge in [0.2, 0.25) is 0 Å². The first kappa shape index (κ1) is 18.9. The van der Waals surface area contributed by atoms with Gasteiger partial charge in [-0.15, -0.1) is 0 Å². The summed E-state index contributed by atoms with van der Waals surface area (Å²) in [4.78, 5) is 5.07. The van der Waals surface area contributed by atoms with Gasteiger partial charge < -0.3 is 10.2 Å². The minimum atomic E-state index is 0.627. The fourth-order valence-corrected chi connectivity index (χ4v) is 2.43. The Bertz CT molecular complexity index is 200. The maximum Gasteiger partial charge on any atom is 0.0112 e. The lowest BCUT2D eigenvalue weighted by Crippen LogP contribution is -2.45. The molecule has 0 spiro atoms. The smallest absolute Gasteiger partial charge is 0.0112 e. The fourth-order valence-electron chi connectivity index (χ4n) is 2.43. The molecule has 0 fully saturated rings. The highest BCUT2D eigenvalue weighted by Gasteiger charge is 2.19. The van der Waals surface area contributed by atoms with Crippen LogP contribution in [0.2, 0.25) is 0 Å². The molecule has 1 atom stereocenters. The van der Waals surface area contributed by atoms with Gasteiger partial charge in [0.1, 0.15) is 0 Å². The summed E-state index contributed by atoms with van der Waals surface area (Å²) in [6, 6.07) is 1.28. The fraction of sp³-hybridized carbons (Fsp3) is 1.00. The van der Waals surface area contributed by atoms with Gasteiger partial charge in [0.25, 0.3) is 0 Å². The number of hydrogen-bond donors (Lipinski definition) is 1. The van der Waals surface area contributed by atoms with Gasteiger partial charge >= 0.3 is 0 Å². The first-order valence-corrected chi connectivity index (χ1v) is 8.12. The Morgan fingerprint density at radius 2 is 1.37 bits per heavy atom. The van der Waals surface area contributed by atoms with E-state index in [1.165, 1.54) is 0 Å². The van der Waals surface area contributed by atoms with E-state index in [0.29, 0.717) is 12.1 Å². The molecule has 0 aromatic heterocycles. The average Bonchev–Trinajstić information content (AvgIpc) is 2.37. The summed E-state index contributed by atoms with van der Waals surface area (Å²) in [5, 5.41) is 3.58. The average molecular weight is 271 g/mol. The van der Waals surface area contributed by atoms with Crippen LogP contribution in [-0.4, -0.2) is 61.2 Å². The summed E-state index contributed by atoms with van der Waals surface area (Å²) < 4.78 is 0. The van der Waals surface area contributed by atoms with Crippen molar-refractivity contribution in [2.75, 3.05) is 39.3 Å². The summed E-state index contributed by atoms with van der Waals surface area (Å²) in [6.07, 6.45) is 0. The molecule has 19 heavy (non-hydrogen) atoms. The van der Waals surface area contributed by atoms with E-state index in [-0.39, 0.29) is 0 Å². The second-order valence-electron chi connectivity index (χ2n) is 6.09. The number of nitrogens with one attached hydrogen (secondary N) is 1. The molecular formula is C16H37N3. The van der Waals surface area contributed by atoms with Gasteiger partial charge in [-0.25, -0.2) is 0 Å². The Labute approximate surface area is 121 Å². The zero-order chi connectivity index (χ0) is 14.8. The second kappa shape index (κ2) is 10.6. The molecule has 3 heteroatoms. The first-order valence-electron chi connectivity index (χ1n) is 8.12. The molecule has 0 aromatic rings. The molecule has 1 unspecified atom stereocenters. The van der Waals surface area contributed by atoms with Crippen LogP contribution in [0.25, 0.3) is 0 Å². The molecule has 116 valence electrons. The largest absolute Gasteiger partial charge is 0.314 e. The van der Waals surface area contributed by atoms with Crippen molar-refractivity contribution in [3.63, 3.8) is 0 Å². The van der Waals surface area contributed by atoms with Gasteiger partial charge in [-0.1, -0.05) is 27.7 Å². The number of likely N-dealkylation sites (N-methyl/N-ethyl adjacent to an activating group) is 1. The van der Waals surface area contributed by atoms with E-state index in [1.54, 1.807) is 0 Å². The van der Waals surface area contributed by atoms with Crippen LogP contribution in [0.1, 0.15) is 48.5 Å². The maximum absolute atomic E-state index is 3.58. The van der Waals surface area contributed by atoms with Crippen LogP contribution < -0.4 is 5.32 Å². The standard InChI is InChI=1S/C16H37N3/c1-8-18(9-2)12-10-17-11-13-19(15(5)6)16(7)14(3)4/h14-17H,8-13H2,1-7H3. The topological polar surface area (TPSA) is 18.5 Å².